The van der Waals surface area contributed by atoms with E-state index in [-0.39, 0.29) is 5.91 Å². The van der Waals surface area contributed by atoms with Gasteiger partial charge in [-0.15, -0.1) is 0 Å². The highest BCUT2D eigenvalue weighted by Gasteiger charge is 2.28. The number of nitrogen functional groups attached to an aromatic ring is 1. The van der Waals surface area contributed by atoms with Crippen LogP contribution in [0.1, 0.15) is 48.7 Å². The van der Waals surface area contributed by atoms with Crippen LogP contribution in [-0.2, 0) is 0 Å². The Bertz CT molecular complexity index is 493. The monoisotopic (exact) mass is 294 g/mol. The highest BCUT2D eigenvalue weighted by atomic mass is 32.1. The summed E-state index contributed by atoms with van der Waals surface area (Å²) in [7, 11) is 0. The summed E-state index contributed by atoms with van der Waals surface area (Å²) in [6, 6.07) is 0.528. The van der Waals surface area contributed by atoms with Gasteiger partial charge in [-0.1, -0.05) is 17.8 Å². The van der Waals surface area contributed by atoms with Crippen molar-refractivity contribution >= 4 is 28.2 Å². The number of hydrogen-bond acceptors (Lipinski definition) is 5. The molecule has 2 aliphatic carbocycles. The number of anilines is 2. The fourth-order valence-electron chi connectivity index (χ4n) is 2.44. The lowest BCUT2D eigenvalue weighted by molar-refractivity contribution is 0.0712. The number of nitrogens with two attached hydrogens (primary N) is 1. The van der Waals surface area contributed by atoms with E-state index in [0.717, 1.165) is 18.2 Å². The smallest absolute Gasteiger partial charge is 0.267 e. The van der Waals surface area contributed by atoms with E-state index in [0.29, 0.717) is 22.7 Å². The Labute approximate surface area is 123 Å². The fraction of sp³-hybridized carbons (Fsp3) is 0.714. The summed E-state index contributed by atoms with van der Waals surface area (Å²) >= 11 is 1.39. The number of aromatic nitrogens is 1. The van der Waals surface area contributed by atoms with Gasteiger partial charge in [-0.25, -0.2) is 4.98 Å². The molecular formula is C14H22N4OS. The van der Waals surface area contributed by atoms with Crippen LogP contribution in [0, 0.1) is 5.92 Å². The van der Waals surface area contributed by atoms with E-state index in [1.54, 1.807) is 0 Å². The molecule has 0 saturated heterocycles. The first kappa shape index (κ1) is 13.7. The minimum atomic E-state index is 0.0400. The lowest BCUT2D eigenvalue weighted by atomic mass is 9.85. The molecule has 0 unspecified atom stereocenters. The van der Waals surface area contributed by atoms with Crippen molar-refractivity contribution < 1.29 is 4.79 Å². The van der Waals surface area contributed by atoms with Gasteiger partial charge in [0.05, 0.1) is 0 Å². The molecule has 2 saturated carbocycles. The Hall–Kier alpha value is -1.30. The van der Waals surface area contributed by atoms with Crippen molar-refractivity contribution in [1.29, 1.82) is 0 Å². The van der Waals surface area contributed by atoms with Crippen LogP contribution in [0.5, 0.6) is 0 Å². The molecule has 20 heavy (non-hydrogen) atoms. The zero-order valence-electron chi connectivity index (χ0n) is 11.9. The molecule has 3 N–H and O–H groups in total. The fourth-order valence-corrected chi connectivity index (χ4v) is 3.37. The lowest BCUT2D eigenvalue weighted by Crippen LogP contribution is -2.37. The second-order valence-corrected chi connectivity index (χ2v) is 6.79. The van der Waals surface area contributed by atoms with Gasteiger partial charge in [-0.05, 0) is 38.5 Å². The van der Waals surface area contributed by atoms with E-state index in [2.05, 4.69) is 10.3 Å². The quantitative estimate of drug-likeness (QED) is 0.846. The molecule has 0 atom stereocenters. The molecule has 0 aromatic carbocycles. The standard InChI is InChI=1S/C14H22N4OS/c1-2-18(8-9-4-3-5-9)13(19)11-12(15)17-14(20-11)16-10-6-7-10/h9-10H,2-8,15H2,1H3,(H,16,17). The van der Waals surface area contributed by atoms with Crippen molar-refractivity contribution in [2.45, 2.75) is 45.1 Å². The van der Waals surface area contributed by atoms with Crippen LogP contribution in [0.2, 0.25) is 0 Å². The number of nitrogens with one attached hydrogen (secondary N) is 1. The van der Waals surface area contributed by atoms with Gasteiger partial charge >= 0.3 is 0 Å². The Morgan fingerprint density at radius 1 is 1.45 bits per heavy atom. The van der Waals surface area contributed by atoms with Crippen LogP contribution in [0.4, 0.5) is 10.9 Å². The van der Waals surface area contributed by atoms with Gasteiger partial charge < -0.3 is 16.0 Å². The van der Waals surface area contributed by atoms with E-state index >= 15 is 0 Å². The number of amides is 1. The van der Waals surface area contributed by atoms with Gasteiger partial charge in [-0.2, -0.15) is 0 Å². The normalized spacial score (nSPS) is 18.6. The molecular weight excluding hydrogens is 272 g/mol. The van der Waals surface area contributed by atoms with Crippen LogP contribution in [-0.4, -0.2) is 34.9 Å². The third kappa shape index (κ3) is 2.90. The minimum Gasteiger partial charge on any atom is -0.382 e. The van der Waals surface area contributed by atoms with Gasteiger partial charge in [0.25, 0.3) is 5.91 Å². The number of hydrogen-bond donors (Lipinski definition) is 2. The summed E-state index contributed by atoms with van der Waals surface area (Å²) in [5.74, 6) is 1.09. The zero-order chi connectivity index (χ0) is 14.1. The third-order valence-electron chi connectivity index (χ3n) is 4.12. The first-order valence-corrected chi connectivity index (χ1v) is 8.31. The van der Waals surface area contributed by atoms with Gasteiger partial charge in [0, 0.05) is 19.1 Å². The third-order valence-corrected chi connectivity index (χ3v) is 5.12. The Balaban J connectivity index is 1.68. The van der Waals surface area contributed by atoms with Crippen molar-refractivity contribution in [2.24, 2.45) is 5.92 Å². The maximum absolute atomic E-state index is 12.6. The largest absolute Gasteiger partial charge is 0.382 e. The van der Waals surface area contributed by atoms with E-state index in [1.165, 1.54) is 43.4 Å². The van der Waals surface area contributed by atoms with Gasteiger partial charge in [0.15, 0.2) is 5.13 Å². The zero-order valence-corrected chi connectivity index (χ0v) is 12.7. The van der Waals surface area contributed by atoms with Crippen LogP contribution >= 0.6 is 11.3 Å². The van der Waals surface area contributed by atoms with Crippen molar-refractivity contribution in [1.82, 2.24) is 9.88 Å². The molecule has 1 aromatic heterocycles. The summed E-state index contributed by atoms with van der Waals surface area (Å²) in [4.78, 5) is 19.4. The summed E-state index contributed by atoms with van der Waals surface area (Å²) in [6.07, 6.45) is 6.17. The van der Waals surface area contributed by atoms with Crippen LogP contribution in [0.15, 0.2) is 0 Å². The average Bonchev–Trinajstić information content (AvgIpc) is 3.10. The van der Waals surface area contributed by atoms with Crippen LogP contribution < -0.4 is 11.1 Å². The summed E-state index contributed by atoms with van der Waals surface area (Å²) in [6.45, 7) is 3.62. The predicted molar refractivity (Wildman–Crippen MR) is 82.1 cm³/mol. The van der Waals surface area contributed by atoms with Gasteiger partial charge in [0.2, 0.25) is 0 Å². The Kier molecular flexibility index (Phi) is 3.83. The van der Waals surface area contributed by atoms with E-state index in [9.17, 15) is 4.79 Å². The molecule has 1 aromatic rings. The second kappa shape index (κ2) is 5.60. The number of carbonyl (C=O) groups excluding carboxylic acids is 1. The second-order valence-electron chi connectivity index (χ2n) is 5.79. The number of thiazole rings is 1. The summed E-state index contributed by atoms with van der Waals surface area (Å²) in [5.41, 5.74) is 5.92. The number of rotatable bonds is 6. The molecule has 0 radical (unpaired) electrons. The van der Waals surface area contributed by atoms with Crippen molar-refractivity contribution in [3.8, 4) is 0 Å². The molecule has 2 aliphatic rings. The molecule has 0 spiro atoms. The van der Waals surface area contributed by atoms with Crippen LogP contribution in [0.25, 0.3) is 0 Å². The van der Waals surface area contributed by atoms with E-state index in [4.69, 9.17) is 5.73 Å². The highest BCUT2D eigenvalue weighted by Crippen LogP contribution is 2.32. The molecule has 1 heterocycles. The maximum atomic E-state index is 12.6. The van der Waals surface area contributed by atoms with E-state index in [1.807, 2.05) is 11.8 Å². The maximum Gasteiger partial charge on any atom is 0.267 e. The molecule has 2 fully saturated rings. The molecule has 0 bridgehead atoms. The first-order chi connectivity index (χ1) is 9.67. The average molecular weight is 294 g/mol. The minimum absolute atomic E-state index is 0.0400. The molecule has 6 heteroatoms. The molecule has 0 aliphatic heterocycles. The Morgan fingerprint density at radius 3 is 2.75 bits per heavy atom. The predicted octanol–water partition coefficient (Wildman–Crippen LogP) is 2.56. The van der Waals surface area contributed by atoms with Gasteiger partial charge in [0.1, 0.15) is 10.7 Å². The van der Waals surface area contributed by atoms with Crippen molar-refractivity contribution in [2.75, 3.05) is 24.1 Å². The molecule has 3 rings (SSSR count). The molecule has 1 amide bonds. The number of nitrogens with zero attached hydrogens (tertiary/aromatic N) is 2. The van der Waals surface area contributed by atoms with Gasteiger partial charge in [-0.3, -0.25) is 4.79 Å². The van der Waals surface area contributed by atoms with Crippen LogP contribution in [0.3, 0.4) is 0 Å². The topological polar surface area (TPSA) is 71.2 Å². The first-order valence-electron chi connectivity index (χ1n) is 7.49. The number of carbonyl (C=O) groups is 1. The Morgan fingerprint density at radius 2 is 2.20 bits per heavy atom. The summed E-state index contributed by atoms with van der Waals surface area (Å²) in [5, 5.41) is 4.09. The lowest BCUT2D eigenvalue weighted by Gasteiger charge is -2.31. The molecule has 110 valence electrons. The summed E-state index contributed by atoms with van der Waals surface area (Å²) < 4.78 is 0. The highest BCUT2D eigenvalue weighted by molar-refractivity contribution is 7.18. The van der Waals surface area contributed by atoms with Crippen molar-refractivity contribution in [3.05, 3.63) is 4.88 Å². The van der Waals surface area contributed by atoms with E-state index < -0.39 is 0 Å². The SMILES string of the molecule is CCN(CC1CCC1)C(=O)c1sc(NC2CC2)nc1N. The molecule has 5 nitrogen and oxygen atoms in total. The van der Waals surface area contributed by atoms with Crippen molar-refractivity contribution in [3.63, 3.8) is 0 Å².